The number of aromatic carboxylic acids is 2. The molecular weight excluding hydrogens is 1860 g/mol. The first-order valence-corrected chi connectivity index (χ1v) is 42.5. The fourth-order valence-corrected chi connectivity index (χ4v) is 13.5. The Kier molecular flexibility index (Phi) is 37.7. The molecule has 0 aliphatic heterocycles. The molecule has 0 saturated heterocycles. The first-order chi connectivity index (χ1) is 68.0. The first-order valence-electron chi connectivity index (χ1n) is 42.5. The number of benzene rings is 11. The van der Waals surface area contributed by atoms with Crippen molar-refractivity contribution in [1.82, 2.24) is 15.0 Å². The van der Waals surface area contributed by atoms with E-state index in [1.54, 1.807) is 60.7 Å². The van der Waals surface area contributed by atoms with Crippen LogP contribution in [0.1, 0.15) is 96.5 Å². The largest absolute Gasteiger partial charge is 0.508 e. The van der Waals surface area contributed by atoms with Crippen LogP contribution >= 0.6 is 0 Å². The summed E-state index contributed by atoms with van der Waals surface area (Å²) in [6, 6.07) is 52.0. The maximum absolute atomic E-state index is 12.6. The monoisotopic (exact) mass is 1950 g/mol. The number of hydrogen-bond donors (Lipinski definition) is 27. The van der Waals surface area contributed by atoms with Gasteiger partial charge in [0.2, 0.25) is 35.2 Å². The molecule has 5 amide bonds. The van der Waals surface area contributed by atoms with Crippen molar-refractivity contribution in [2.45, 2.75) is 84.0 Å². The maximum atomic E-state index is 12.6. The van der Waals surface area contributed by atoms with E-state index in [1.807, 2.05) is 61.5 Å². The number of nitrogen functional groups attached to an aromatic ring is 1. The fourth-order valence-electron chi connectivity index (χ4n) is 13.5. The van der Waals surface area contributed by atoms with Gasteiger partial charge in [0.05, 0.1) is 60.1 Å². The van der Waals surface area contributed by atoms with Gasteiger partial charge in [0.15, 0.2) is 11.6 Å². The van der Waals surface area contributed by atoms with E-state index in [4.69, 9.17) is 32.0 Å². The Bertz CT molecular complexity index is 6680. The number of phenols is 18. The molecule has 14 aromatic rings. The van der Waals surface area contributed by atoms with E-state index in [2.05, 4.69) is 46.4 Å². The van der Waals surface area contributed by atoms with Gasteiger partial charge >= 0.3 is 17.9 Å². The lowest BCUT2D eigenvalue weighted by atomic mass is 9.93. The van der Waals surface area contributed by atoms with Crippen LogP contribution in [-0.2, 0) is 84.9 Å². The van der Waals surface area contributed by atoms with Gasteiger partial charge in [-0.05, 0) is 115 Å². The third-order valence-electron chi connectivity index (χ3n) is 20.4. The Hall–Kier alpha value is -19.9. The van der Waals surface area contributed by atoms with Crippen molar-refractivity contribution in [3.8, 4) is 126 Å². The molecule has 143 heavy (non-hydrogen) atoms. The Labute approximate surface area is 811 Å². The number of aliphatic carboxylic acids is 1. The van der Waals surface area contributed by atoms with Crippen LogP contribution in [0, 0.1) is 13.5 Å². The number of aromatic hydroxyl groups is 18. The standard InChI is InChI=1S/C23H20O6.C17H12N4O5.C16H15NO6.C16H17NO4.C15H14N2O6.C15H16N2O4/c24-17(11-20-21(26)12-18(25)13-22(20)27)10-16-5-1-2-7-19(16)15-6-3-4-14(8-15)9-23(28)29;1-18-11-8-19-17(14-3-2-4-26-14)21-16(11)20-15(25)7-10-12(23)5-9(22)6-13(10)24;18-11-7-13(19)12(14(20)8-11)4-5-15(21)17-10-3-1-2-9(6-10)16(22)23;1-10-4-2-3-5-13(10)17-16(21)7-6-12-14(19)8-11(18)9-15(12)20;18-10-4-12(19)11(13(20)5-10)1-2-14(21)17-9-3-8(15(22)23)6-16-7-9;16-11-3-1-2-4-12(11)17-15(21)6-5-10-13(19)7-9(18)8-14(10)20/h1-8,12-13,25-27H,9-11H2,(H,28,29);2-6,8,22-24H,7H2,(H,19,20,21,25);1-3,6-8,18-20H,4-5H2,(H,17,21)(H,22,23);2-5,8-9,18-20H,6-7H2,1H3,(H,17,21);3-7,18-20H,1-2H2,(H,17,21)(H,22,23);1-4,7-8,18-20H,5-6,16H2,(H,17,21). The summed E-state index contributed by atoms with van der Waals surface area (Å²) in [4.78, 5) is 120. The highest BCUT2D eigenvalue weighted by atomic mass is 16.4. The number of furan rings is 1. The molecule has 0 unspecified atom stereocenters. The molecule has 0 aliphatic carbocycles. The number of Topliss-reactive ketones (excluding diaryl/α,β-unsaturated/α-hetero) is 1. The highest BCUT2D eigenvalue weighted by Gasteiger charge is 2.24. The molecule has 0 fully saturated rings. The number of pyridine rings is 1. The van der Waals surface area contributed by atoms with Crippen molar-refractivity contribution in [2.24, 2.45) is 0 Å². The molecule has 28 N–H and O–H groups in total. The molecule has 0 bridgehead atoms. The second kappa shape index (κ2) is 50.6. The van der Waals surface area contributed by atoms with Crippen LogP contribution in [0.3, 0.4) is 0 Å². The molecule has 41 heteroatoms. The van der Waals surface area contributed by atoms with Crippen LogP contribution in [-0.4, -0.2) is 175 Å². The summed E-state index contributed by atoms with van der Waals surface area (Å²) in [7, 11) is 0. The highest BCUT2D eigenvalue weighted by Crippen LogP contribution is 2.40. The molecule has 41 nitrogen and oxygen atoms in total. The second-order valence-electron chi connectivity index (χ2n) is 31.1. The van der Waals surface area contributed by atoms with E-state index in [9.17, 15) is 135 Å². The predicted octanol–water partition coefficient (Wildman–Crippen LogP) is 14.2. The SMILES string of the molecule is Cc1ccccc1NC(=O)CCc1c(O)cc(O)cc1O.Nc1ccccc1NC(=O)CCc1c(O)cc(O)cc1O.O=C(CCc1c(O)cc(O)cc1O)Nc1cccc(C(=O)O)c1.O=C(CCc1c(O)cc(O)cc1O)Nc1cncc(C(=O)O)c1.O=C(O)Cc1cccc(-c2ccccc2CC(=O)Cc2c(O)cc(O)cc2O)c1.[C-]#[N+]c1cnc(-c2ccco2)nc1NC(=O)Cc1c(O)cc(O)cc1O. The van der Waals surface area contributed by atoms with Crippen molar-refractivity contribution >= 4 is 93.2 Å². The molecule has 3 aromatic heterocycles. The maximum Gasteiger partial charge on any atom is 0.337 e. The van der Waals surface area contributed by atoms with Crippen molar-refractivity contribution in [1.29, 1.82) is 0 Å². The summed E-state index contributed by atoms with van der Waals surface area (Å²) in [5.74, 6) is -10.2. The van der Waals surface area contributed by atoms with E-state index in [0.29, 0.717) is 28.4 Å². The van der Waals surface area contributed by atoms with E-state index in [0.717, 1.165) is 107 Å². The van der Waals surface area contributed by atoms with Gasteiger partial charge in [-0.25, -0.2) is 24.4 Å². The van der Waals surface area contributed by atoms with Gasteiger partial charge in [-0.1, -0.05) is 84.9 Å². The zero-order valence-electron chi connectivity index (χ0n) is 75.3. The number of aromatic nitrogens is 3. The minimum absolute atomic E-state index is 0.0211. The summed E-state index contributed by atoms with van der Waals surface area (Å²) in [6.45, 7) is 9.05. The molecular formula is C102H94N10O31. The van der Waals surface area contributed by atoms with Gasteiger partial charge in [0.1, 0.15) is 115 Å². The molecule has 0 radical (unpaired) electrons. The Morgan fingerprint density at radius 1 is 0.371 bits per heavy atom. The van der Waals surface area contributed by atoms with E-state index >= 15 is 0 Å². The summed E-state index contributed by atoms with van der Waals surface area (Å²) in [5, 5.41) is 212. The van der Waals surface area contributed by atoms with Gasteiger partial charge in [0.25, 0.3) is 0 Å². The molecule has 0 saturated carbocycles. The minimum atomic E-state index is -1.16. The van der Waals surface area contributed by atoms with Gasteiger partial charge in [-0.15, -0.1) is 0 Å². The number of para-hydroxylation sites is 3. The number of hydrogen-bond acceptors (Lipinski definition) is 32. The number of anilines is 6. The van der Waals surface area contributed by atoms with Crippen molar-refractivity contribution in [2.75, 3.05) is 32.3 Å². The third kappa shape index (κ3) is 32.4. The van der Waals surface area contributed by atoms with Crippen molar-refractivity contribution < 1.29 is 155 Å². The molecule has 0 spiro atoms. The predicted molar refractivity (Wildman–Crippen MR) is 517 cm³/mol. The van der Waals surface area contributed by atoms with Crippen LogP contribution < -0.4 is 32.3 Å². The Morgan fingerprint density at radius 2 is 0.783 bits per heavy atom. The molecule has 0 atom stereocenters. The second-order valence-corrected chi connectivity index (χ2v) is 31.1. The third-order valence-corrected chi connectivity index (χ3v) is 20.4. The number of nitrogens with zero attached hydrogens (tertiary/aromatic N) is 4. The van der Waals surface area contributed by atoms with Crippen LogP contribution in [0.15, 0.2) is 242 Å². The zero-order chi connectivity index (χ0) is 104. The smallest absolute Gasteiger partial charge is 0.337 e. The lowest BCUT2D eigenvalue weighted by molar-refractivity contribution is -0.136. The normalized spacial score (nSPS) is 10.3. The minimum Gasteiger partial charge on any atom is -0.508 e. The van der Waals surface area contributed by atoms with Crippen LogP contribution in [0.5, 0.6) is 103 Å². The average molecular weight is 1960 g/mol. The highest BCUT2D eigenvalue weighted by molar-refractivity contribution is 5.98. The molecule has 14 rings (SSSR count). The number of amides is 5. The molecule has 0 aliphatic rings. The van der Waals surface area contributed by atoms with Crippen molar-refractivity contribution in [3.05, 3.63) is 310 Å². The van der Waals surface area contributed by atoms with Crippen LogP contribution in [0.25, 0.3) is 27.6 Å². The summed E-state index contributed by atoms with van der Waals surface area (Å²) < 4.78 is 5.19. The first kappa shape index (κ1) is 107. The van der Waals surface area contributed by atoms with E-state index < -0.39 is 53.5 Å². The van der Waals surface area contributed by atoms with E-state index in [-0.39, 0.29) is 248 Å². The average Bonchev–Trinajstić information content (AvgIpc) is 1.81. The number of nitrogens with one attached hydrogen (secondary N) is 5. The summed E-state index contributed by atoms with van der Waals surface area (Å²) in [5.41, 5.74) is 12.8. The number of aryl methyl sites for hydroxylation is 1. The number of carbonyl (C=O) groups excluding carboxylic acids is 6. The van der Waals surface area contributed by atoms with E-state index in [1.165, 1.54) is 42.9 Å². The Balaban J connectivity index is 0.000000192. The summed E-state index contributed by atoms with van der Waals surface area (Å²) >= 11 is 0. The molecule has 738 valence electrons. The lowest BCUT2D eigenvalue weighted by Crippen LogP contribution is -2.16. The fraction of sp³-hybridized carbons (Fsp3) is 0.127. The number of ketones is 1. The van der Waals surface area contributed by atoms with Gasteiger partial charge in [0, 0.05) is 168 Å². The summed E-state index contributed by atoms with van der Waals surface area (Å²) in [6.07, 6.45) is 5.02. The number of phenolic OH excluding ortho intramolecular Hbond substituents is 18. The number of nitrogens with two attached hydrogens (primary N) is 1. The zero-order valence-corrected chi connectivity index (χ0v) is 75.3. The van der Waals surface area contributed by atoms with Gasteiger partial charge < -0.3 is 144 Å². The van der Waals surface area contributed by atoms with Crippen molar-refractivity contribution in [3.63, 3.8) is 0 Å². The van der Waals surface area contributed by atoms with Gasteiger partial charge in [-0.2, -0.15) is 0 Å². The number of rotatable bonds is 29. The van der Waals surface area contributed by atoms with Crippen LogP contribution in [0.4, 0.5) is 39.9 Å². The number of carboxylic acids is 3. The van der Waals surface area contributed by atoms with Crippen LogP contribution in [0.2, 0.25) is 0 Å². The quantitative estimate of drug-likeness (QED) is 0.0153. The number of carboxylic acid groups (broad SMARTS) is 3. The molecule has 3 heterocycles. The number of carbonyl (C=O) groups is 9. The lowest BCUT2D eigenvalue weighted by Gasteiger charge is -2.12. The topological polar surface area (TPSA) is 721 Å². The van der Waals surface area contributed by atoms with Gasteiger partial charge in [-0.3, -0.25) is 38.5 Å². The Morgan fingerprint density at radius 3 is 1.23 bits per heavy atom. The molecule has 11 aromatic carbocycles.